The second-order valence-corrected chi connectivity index (χ2v) is 8.38. The number of sulfone groups is 1. The van der Waals surface area contributed by atoms with Crippen molar-refractivity contribution in [1.82, 2.24) is 5.32 Å². The van der Waals surface area contributed by atoms with Crippen LogP contribution in [-0.2, 0) is 20.0 Å². The van der Waals surface area contributed by atoms with Crippen molar-refractivity contribution in [2.75, 3.05) is 11.5 Å². The minimum absolute atomic E-state index is 0.0781. The molecule has 0 spiro atoms. The fourth-order valence-electron chi connectivity index (χ4n) is 2.27. The fraction of sp³-hybridized carbons (Fsp3) is 0.500. The van der Waals surface area contributed by atoms with Crippen LogP contribution in [0.1, 0.15) is 19.4 Å². The highest BCUT2D eigenvalue weighted by molar-refractivity contribution is 7.91. The van der Waals surface area contributed by atoms with Crippen LogP contribution in [0.2, 0.25) is 0 Å². The summed E-state index contributed by atoms with van der Waals surface area (Å²) in [5.74, 6) is -0.375. The Morgan fingerprint density at radius 2 is 1.85 bits per heavy atom. The number of rotatable bonds is 3. The number of amides is 1. The second-order valence-electron chi connectivity index (χ2n) is 5.66. The number of carbonyl (C=O) groups excluding carboxylic acids is 1. The van der Waals surface area contributed by atoms with Gasteiger partial charge in [-0.05, 0) is 19.4 Å². The van der Waals surface area contributed by atoms with Gasteiger partial charge in [0.05, 0.1) is 28.3 Å². The number of hydrogen-bond acceptors (Lipinski definition) is 3. The van der Waals surface area contributed by atoms with Gasteiger partial charge in [-0.15, -0.1) is 11.6 Å². The van der Waals surface area contributed by atoms with E-state index in [-0.39, 0.29) is 17.4 Å². The fourth-order valence-corrected chi connectivity index (χ4v) is 4.82. The largest absolute Gasteiger partial charge is 0.350 e. The van der Waals surface area contributed by atoms with Gasteiger partial charge >= 0.3 is 0 Å². The van der Waals surface area contributed by atoms with E-state index in [1.165, 1.54) is 0 Å². The summed E-state index contributed by atoms with van der Waals surface area (Å²) >= 11 is 6.01. The molecule has 0 saturated carbocycles. The highest BCUT2D eigenvalue weighted by Crippen LogP contribution is 2.25. The van der Waals surface area contributed by atoms with Crippen molar-refractivity contribution in [2.45, 2.75) is 30.7 Å². The molecule has 1 aromatic carbocycles. The first kappa shape index (κ1) is 15.3. The van der Waals surface area contributed by atoms with Crippen LogP contribution in [0.3, 0.4) is 0 Å². The zero-order valence-corrected chi connectivity index (χ0v) is 13.0. The molecule has 1 amide bonds. The monoisotopic (exact) mass is 315 g/mol. The molecule has 6 heteroatoms. The Balaban J connectivity index is 2.13. The standard InChI is InChI=1S/C14H18ClNO3S/c1-14(2,10-6-4-3-5-7-10)13(17)16-12-9-20(18,19)8-11(12)15/h3-7,11-12H,8-9H2,1-2H3,(H,16,17). The number of carbonyl (C=O) groups is 1. The van der Waals surface area contributed by atoms with Gasteiger partial charge in [0.1, 0.15) is 0 Å². The predicted octanol–water partition coefficient (Wildman–Crippen LogP) is 1.48. The molecule has 0 aromatic heterocycles. The predicted molar refractivity (Wildman–Crippen MR) is 79.7 cm³/mol. The van der Waals surface area contributed by atoms with Crippen LogP contribution >= 0.6 is 11.6 Å². The van der Waals surface area contributed by atoms with Crippen LogP contribution in [0.15, 0.2) is 30.3 Å². The maximum Gasteiger partial charge on any atom is 0.230 e. The molecule has 0 radical (unpaired) electrons. The Morgan fingerprint density at radius 3 is 2.35 bits per heavy atom. The van der Waals surface area contributed by atoms with E-state index in [1.54, 1.807) is 0 Å². The molecule has 1 aromatic rings. The summed E-state index contributed by atoms with van der Waals surface area (Å²) in [6.45, 7) is 3.62. The van der Waals surface area contributed by atoms with E-state index in [1.807, 2.05) is 44.2 Å². The number of nitrogens with one attached hydrogen (secondary N) is 1. The third-order valence-electron chi connectivity index (χ3n) is 3.66. The molecule has 4 nitrogen and oxygen atoms in total. The minimum atomic E-state index is -3.15. The van der Waals surface area contributed by atoms with E-state index in [0.29, 0.717) is 0 Å². The molecular formula is C14H18ClNO3S. The normalized spacial score (nSPS) is 25.4. The maximum atomic E-state index is 12.4. The molecule has 0 aliphatic carbocycles. The molecule has 1 fully saturated rings. The van der Waals surface area contributed by atoms with Crippen molar-refractivity contribution in [1.29, 1.82) is 0 Å². The molecule has 1 aliphatic rings. The zero-order valence-electron chi connectivity index (χ0n) is 11.5. The Labute approximate surface area is 124 Å². The Morgan fingerprint density at radius 1 is 1.25 bits per heavy atom. The Bertz CT molecular complexity index is 598. The smallest absolute Gasteiger partial charge is 0.230 e. The van der Waals surface area contributed by atoms with Crippen LogP contribution in [0.5, 0.6) is 0 Å². The van der Waals surface area contributed by atoms with Crippen molar-refractivity contribution in [3.05, 3.63) is 35.9 Å². The van der Waals surface area contributed by atoms with E-state index < -0.39 is 26.7 Å². The first-order valence-electron chi connectivity index (χ1n) is 6.43. The third kappa shape index (κ3) is 3.15. The Kier molecular flexibility index (Phi) is 4.12. The summed E-state index contributed by atoms with van der Waals surface area (Å²) in [5.41, 5.74) is 0.147. The zero-order chi connectivity index (χ0) is 15.0. The summed E-state index contributed by atoms with van der Waals surface area (Å²) in [6.07, 6.45) is 0. The van der Waals surface area contributed by atoms with Gasteiger partial charge in [0.25, 0.3) is 0 Å². The lowest BCUT2D eigenvalue weighted by molar-refractivity contribution is -0.126. The average molecular weight is 316 g/mol. The van der Waals surface area contributed by atoms with Crippen LogP contribution < -0.4 is 5.32 Å². The topological polar surface area (TPSA) is 63.2 Å². The number of alkyl halides is 1. The van der Waals surface area contributed by atoms with Crippen LogP contribution in [0, 0.1) is 0 Å². The van der Waals surface area contributed by atoms with Crippen molar-refractivity contribution in [3.63, 3.8) is 0 Å². The van der Waals surface area contributed by atoms with Crippen LogP contribution in [0.25, 0.3) is 0 Å². The van der Waals surface area contributed by atoms with E-state index >= 15 is 0 Å². The highest BCUT2D eigenvalue weighted by atomic mass is 35.5. The third-order valence-corrected chi connectivity index (χ3v) is 6.04. The molecule has 2 atom stereocenters. The number of hydrogen-bond donors (Lipinski definition) is 1. The first-order chi connectivity index (χ1) is 9.22. The first-order valence-corrected chi connectivity index (χ1v) is 8.69. The van der Waals surface area contributed by atoms with Gasteiger partial charge in [0, 0.05) is 0 Å². The molecule has 1 saturated heterocycles. The summed E-state index contributed by atoms with van der Waals surface area (Å²) in [5, 5.41) is 2.21. The molecule has 110 valence electrons. The summed E-state index contributed by atoms with van der Waals surface area (Å²) in [4.78, 5) is 12.4. The van der Waals surface area contributed by atoms with Gasteiger partial charge in [-0.3, -0.25) is 4.79 Å². The van der Waals surface area contributed by atoms with Crippen molar-refractivity contribution >= 4 is 27.3 Å². The maximum absolute atomic E-state index is 12.4. The average Bonchev–Trinajstić information content (AvgIpc) is 2.63. The van der Waals surface area contributed by atoms with Crippen molar-refractivity contribution in [2.24, 2.45) is 0 Å². The van der Waals surface area contributed by atoms with Gasteiger partial charge in [-0.1, -0.05) is 30.3 Å². The van der Waals surface area contributed by atoms with Crippen molar-refractivity contribution < 1.29 is 13.2 Å². The number of benzene rings is 1. The summed E-state index contributed by atoms with van der Waals surface area (Å²) in [7, 11) is -3.15. The number of halogens is 1. The highest BCUT2D eigenvalue weighted by Gasteiger charge is 2.40. The Hall–Kier alpha value is -1.07. The summed E-state index contributed by atoms with van der Waals surface area (Å²) in [6, 6.07) is 8.86. The van der Waals surface area contributed by atoms with E-state index in [2.05, 4.69) is 5.32 Å². The lowest BCUT2D eigenvalue weighted by Gasteiger charge is -2.26. The van der Waals surface area contributed by atoms with Crippen molar-refractivity contribution in [3.8, 4) is 0 Å². The van der Waals surface area contributed by atoms with Gasteiger partial charge in [0.15, 0.2) is 9.84 Å². The van der Waals surface area contributed by atoms with E-state index in [9.17, 15) is 13.2 Å². The minimum Gasteiger partial charge on any atom is -0.350 e. The molecule has 20 heavy (non-hydrogen) atoms. The molecular weight excluding hydrogens is 298 g/mol. The second kappa shape index (κ2) is 5.37. The molecule has 1 N–H and O–H groups in total. The van der Waals surface area contributed by atoms with Gasteiger partial charge in [0.2, 0.25) is 5.91 Å². The molecule has 2 rings (SSSR count). The van der Waals surface area contributed by atoms with E-state index in [0.717, 1.165) is 5.56 Å². The molecule has 1 aliphatic heterocycles. The van der Waals surface area contributed by atoms with Crippen LogP contribution in [0.4, 0.5) is 0 Å². The lowest BCUT2D eigenvalue weighted by Crippen LogP contribution is -2.48. The van der Waals surface area contributed by atoms with Gasteiger partial charge in [-0.2, -0.15) is 0 Å². The SMILES string of the molecule is CC(C)(C(=O)NC1CS(=O)(=O)CC1Cl)c1ccccc1. The van der Waals surface area contributed by atoms with Gasteiger partial charge < -0.3 is 5.32 Å². The molecule has 2 unspecified atom stereocenters. The van der Waals surface area contributed by atoms with E-state index in [4.69, 9.17) is 11.6 Å². The van der Waals surface area contributed by atoms with Crippen LogP contribution in [-0.4, -0.2) is 37.2 Å². The quantitative estimate of drug-likeness (QED) is 0.860. The lowest BCUT2D eigenvalue weighted by atomic mass is 9.83. The molecule has 1 heterocycles. The molecule has 0 bridgehead atoms. The van der Waals surface area contributed by atoms with Gasteiger partial charge in [-0.25, -0.2) is 8.42 Å². The summed E-state index contributed by atoms with van der Waals surface area (Å²) < 4.78 is 23.0.